The lowest BCUT2D eigenvalue weighted by Crippen LogP contribution is -2.23. The summed E-state index contributed by atoms with van der Waals surface area (Å²) in [5, 5.41) is 12.0. The molecule has 0 spiro atoms. The number of hydrogen-bond donors (Lipinski definition) is 1. The van der Waals surface area contributed by atoms with Gasteiger partial charge in [-0.2, -0.15) is 10.2 Å². The van der Waals surface area contributed by atoms with Crippen LogP contribution in [0.3, 0.4) is 0 Å². The molecule has 94 valence electrons. The van der Waals surface area contributed by atoms with E-state index < -0.39 is 0 Å². The highest BCUT2D eigenvalue weighted by Gasteiger charge is 2.11. The maximum atomic E-state index is 5.89. The summed E-state index contributed by atoms with van der Waals surface area (Å²) in [6.07, 6.45) is 4.45. The Morgan fingerprint density at radius 2 is 1.94 bits per heavy atom. The molecule has 4 heteroatoms. The van der Waals surface area contributed by atoms with Gasteiger partial charge in [0, 0.05) is 17.3 Å². The Kier molecular flexibility index (Phi) is 4.67. The molecule has 18 heavy (non-hydrogen) atoms. The molecule has 1 aromatic carbocycles. The summed E-state index contributed by atoms with van der Waals surface area (Å²) < 4.78 is 0. The van der Waals surface area contributed by atoms with Crippen LogP contribution in [0.15, 0.2) is 42.7 Å². The van der Waals surface area contributed by atoms with Crippen LogP contribution in [0.1, 0.15) is 24.1 Å². The largest absolute Gasteiger partial charge is 0.310 e. The van der Waals surface area contributed by atoms with Crippen molar-refractivity contribution in [2.45, 2.75) is 19.4 Å². The quantitative estimate of drug-likeness (QED) is 0.899. The SMILES string of the molecule is CCNC(Cc1ccc(Cl)cc1)c1ccnnc1. The van der Waals surface area contributed by atoms with Gasteiger partial charge in [-0.3, -0.25) is 0 Å². The van der Waals surface area contributed by atoms with Crippen LogP contribution in [-0.4, -0.2) is 16.7 Å². The minimum Gasteiger partial charge on any atom is -0.310 e. The van der Waals surface area contributed by atoms with E-state index in [1.165, 1.54) is 5.56 Å². The van der Waals surface area contributed by atoms with E-state index in [4.69, 9.17) is 11.6 Å². The summed E-state index contributed by atoms with van der Waals surface area (Å²) in [6, 6.07) is 10.2. The molecule has 0 amide bonds. The monoisotopic (exact) mass is 261 g/mol. The lowest BCUT2D eigenvalue weighted by molar-refractivity contribution is 0.546. The highest BCUT2D eigenvalue weighted by molar-refractivity contribution is 6.30. The predicted octanol–water partition coefficient (Wildman–Crippen LogP) is 3.02. The molecule has 1 unspecified atom stereocenters. The van der Waals surface area contributed by atoms with Gasteiger partial charge in [-0.25, -0.2) is 0 Å². The molecule has 0 aliphatic heterocycles. The van der Waals surface area contributed by atoms with Crippen molar-refractivity contribution in [2.24, 2.45) is 0 Å². The van der Waals surface area contributed by atoms with Crippen molar-refractivity contribution in [3.8, 4) is 0 Å². The third-order valence-electron chi connectivity index (χ3n) is 2.81. The Bertz CT molecular complexity index is 470. The molecule has 0 aliphatic carbocycles. The minimum atomic E-state index is 0.256. The van der Waals surface area contributed by atoms with E-state index in [9.17, 15) is 0 Å². The smallest absolute Gasteiger partial charge is 0.0544 e. The van der Waals surface area contributed by atoms with Gasteiger partial charge >= 0.3 is 0 Å². The van der Waals surface area contributed by atoms with Crippen molar-refractivity contribution in [3.05, 3.63) is 58.9 Å². The number of halogens is 1. The fourth-order valence-electron chi connectivity index (χ4n) is 1.92. The first kappa shape index (κ1) is 13.0. The van der Waals surface area contributed by atoms with Gasteiger partial charge in [0.1, 0.15) is 0 Å². The summed E-state index contributed by atoms with van der Waals surface area (Å²) in [5.74, 6) is 0. The van der Waals surface area contributed by atoms with E-state index in [1.807, 2.05) is 24.4 Å². The maximum Gasteiger partial charge on any atom is 0.0544 e. The van der Waals surface area contributed by atoms with Crippen LogP contribution in [0.4, 0.5) is 0 Å². The summed E-state index contributed by atoms with van der Waals surface area (Å²) in [5.41, 5.74) is 2.41. The van der Waals surface area contributed by atoms with Crippen LogP contribution in [0.5, 0.6) is 0 Å². The van der Waals surface area contributed by atoms with Gasteiger partial charge in [-0.1, -0.05) is 30.7 Å². The Hall–Kier alpha value is -1.45. The third-order valence-corrected chi connectivity index (χ3v) is 3.07. The number of benzene rings is 1. The fraction of sp³-hybridized carbons (Fsp3) is 0.286. The van der Waals surface area contributed by atoms with Crippen LogP contribution in [-0.2, 0) is 6.42 Å². The Morgan fingerprint density at radius 1 is 1.17 bits per heavy atom. The number of hydrogen-bond acceptors (Lipinski definition) is 3. The van der Waals surface area contributed by atoms with E-state index in [1.54, 1.807) is 6.20 Å². The summed E-state index contributed by atoms with van der Waals surface area (Å²) in [4.78, 5) is 0. The van der Waals surface area contributed by atoms with Crippen molar-refractivity contribution in [2.75, 3.05) is 6.54 Å². The number of likely N-dealkylation sites (N-methyl/N-ethyl adjacent to an activating group) is 1. The molecule has 2 rings (SSSR count). The number of aromatic nitrogens is 2. The minimum absolute atomic E-state index is 0.256. The topological polar surface area (TPSA) is 37.8 Å². The molecule has 2 aromatic rings. The van der Waals surface area contributed by atoms with Gasteiger partial charge in [-0.05, 0) is 42.3 Å². The average molecular weight is 262 g/mol. The standard InChI is InChI=1S/C14H16ClN3/c1-2-16-14(12-7-8-17-18-10-12)9-11-3-5-13(15)6-4-11/h3-8,10,14,16H,2,9H2,1H3. The lowest BCUT2D eigenvalue weighted by atomic mass is 10.0. The lowest BCUT2D eigenvalue weighted by Gasteiger charge is -2.17. The van der Waals surface area contributed by atoms with Crippen molar-refractivity contribution in [3.63, 3.8) is 0 Å². The van der Waals surface area contributed by atoms with Gasteiger partial charge in [-0.15, -0.1) is 0 Å². The predicted molar refractivity (Wildman–Crippen MR) is 73.6 cm³/mol. The van der Waals surface area contributed by atoms with E-state index >= 15 is 0 Å². The molecule has 0 fully saturated rings. The molecule has 0 radical (unpaired) electrons. The second-order valence-electron chi connectivity index (χ2n) is 4.12. The highest BCUT2D eigenvalue weighted by Crippen LogP contribution is 2.18. The van der Waals surface area contributed by atoms with Crippen LogP contribution in [0.2, 0.25) is 5.02 Å². The van der Waals surface area contributed by atoms with Crippen molar-refractivity contribution < 1.29 is 0 Å². The molecule has 0 saturated heterocycles. The zero-order valence-electron chi connectivity index (χ0n) is 10.3. The second-order valence-corrected chi connectivity index (χ2v) is 4.55. The van der Waals surface area contributed by atoms with E-state index in [2.05, 4.69) is 34.6 Å². The van der Waals surface area contributed by atoms with Gasteiger partial charge < -0.3 is 5.32 Å². The molecule has 0 saturated carbocycles. The second kappa shape index (κ2) is 6.47. The molecule has 0 bridgehead atoms. The molecule has 1 N–H and O–H groups in total. The molecular formula is C14H16ClN3. The van der Waals surface area contributed by atoms with Crippen molar-refractivity contribution in [1.29, 1.82) is 0 Å². The van der Waals surface area contributed by atoms with E-state index in [0.29, 0.717) is 0 Å². The summed E-state index contributed by atoms with van der Waals surface area (Å²) >= 11 is 5.89. The average Bonchev–Trinajstić information content (AvgIpc) is 2.42. The van der Waals surface area contributed by atoms with Crippen LogP contribution >= 0.6 is 11.6 Å². The molecule has 0 aliphatic rings. The number of nitrogens with one attached hydrogen (secondary N) is 1. The zero-order valence-corrected chi connectivity index (χ0v) is 11.1. The summed E-state index contributed by atoms with van der Waals surface area (Å²) in [6.45, 7) is 3.02. The number of nitrogens with zero attached hydrogens (tertiary/aromatic N) is 2. The summed E-state index contributed by atoms with van der Waals surface area (Å²) in [7, 11) is 0. The van der Waals surface area contributed by atoms with Crippen LogP contribution < -0.4 is 5.32 Å². The zero-order chi connectivity index (χ0) is 12.8. The maximum absolute atomic E-state index is 5.89. The van der Waals surface area contributed by atoms with E-state index in [-0.39, 0.29) is 6.04 Å². The van der Waals surface area contributed by atoms with Crippen molar-refractivity contribution >= 4 is 11.6 Å². The highest BCUT2D eigenvalue weighted by atomic mass is 35.5. The molecule has 3 nitrogen and oxygen atoms in total. The molecule has 1 heterocycles. The Balaban J connectivity index is 2.14. The van der Waals surface area contributed by atoms with Gasteiger partial charge in [0.2, 0.25) is 0 Å². The van der Waals surface area contributed by atoms with Gasteiger partial charge in [0.05, 0.1) is 6.20 Å². The molecule has 1 aromatic heterocycles. The fourth-order valence-corrected chi connectivity index (χ4v) is 2.04. The normalized spacial score (nSPS) is 12.3. The Labute approximate surface area is 112 Å². The Morgan fingerprint density at radius 3 is 2.56 bits per heavy atom. The van der Waals surface area contributed by atoms with Crippen LogP contribution in [0, 0.1) is 0 Å². The third kappa shape index (κ3) is 3.52. The van der Waals surface area contributed by atoms with Crippen LogP contribution in [0.25, 0.3) is 0 Å². The number of rotatable bonds is 5. The molecule has 1 atom stereocenters. The first-order valence-electron chi connectivity index (χ1n) is 6.04. The van der Waals surface area contributed by atoms with Gasteiger partial charge in [0.25, 0.3) is 0 Å². The first-order chi connectivity index (χ1) is 8.79. The van der Waals surface area contributed by atoms with E-state index in [0.717, 1.165) is 23.6 Å². The van der Waals surface area contributed by atoms with Gasteiger partial charge in [0.15, 0.2) is 0 Å². The van der Waals surface area contributed by atoms with Crippen molar-refractivity contribution in [1.82, 2.24) is 15.5 Å². The first-order valence-corrected chi connectivity index (χ1v) is 6.42. The molecular weight excluding hydrogens is 246 g/mol.